The van der Waals surface area contributed by atoms with Crippen LogP contribution in [0, 0.1) is 11.3 Å². The zero-order chi connectivity index (χ0) is 12.8. The predicted octanol–water partition coefficient (Wildman–Crippen LogP) is -0.115. The van der Waals surface area contributed by atoms with Gasteiger partial charge in [0.1, 0.15) is 0 Å². The van der Waals surface area contributed by atoms with Crippen LogP contribution in [0.5, 0.6) is 0 Å². The Morgan fingerprint density at radius 3 is 1.88 bits per heavy atom. The molecule has 0 radical (unpaired) electrons. The summed E-state index contributed by atoms with van der Waals surface area (Å²) in [6.07, 6.45) is 3.84. The van der Waals surface area contributed by atoms with E-state index >= 15 is 0 Å². The Morgan fingerprint density at radius 1 is 1.12 bits per heavy atom. The minimum absolute atomic E-state index is 0. The fraction of sp³-hybridized carbons (Fsp3) is 0.833. The molecule has 0 aliphatic carbocycles. The molecule has 0 unspecified atom stereocenters. The molecule has 0 aromatic heterocycles. The smallest absolute Gasteiger partial charge is 1.00 e. The fourth-order valence-corrected chi connectivity index (χ4v) is 1.92. The van der Waals surface area contributed by atoms with Crippen molar-refractivity contribution in [2.45, 2.75) is 52.9 Å². The van der Waals surface area contributed by atoms with Crippen molar-refractivity contribution in [3.05, 3.63) is 0 Å². The maximum atomic E-state index is 11.2. The third-order valence-electron chi connectivity index (χ3n) is 3.17. The largest absolute Gasteiger partial charge is 1.00 e. The Morgan fingerprint density at radius 2 is 1.59 bits per heavy atom. The fourth-order valence-electron chi connectivity index (χ4n) is 1.92. The van der Waals surface area contributed by atoms with Gasteiger partial charge in [-0.2, -0.15) is 0 Å². The van der Waals surface area contributed by atoms with Gasteiger partial charge in [-0.15, -0.1) is 0 Å². The van der Waals surface area contributed by atoms with E-state index in [1.807, 2.05) is 0 Å². The molecule has 0 amide bonds. The summed E-state index contributed by atoms with van der Waals surface area (Å²) < 4.78 is 0. The van der Waals surface area contributed by atoms with Crippen LogP contribution in [-0.2, 0) is 9.59 Å². The first-order valence-electron chi connectivity index (χ1n) is 5.86. The first kappa shape index (κ1) is 18.9. The van der Waals surface area contributed by atoms with E-state index < -0.39 is 23.3 Å². The molecule has 0 saturated carbocycles. The average Bonchev–Trinajstić information content (AvgIpc) is 2.16. The predicted molar refractivity (Wildman–Crippen MR) is 62.4 cm³/mol. The summed E-state index contributed by atoms with van der Waals surface area (Å²) >= 11 is 0. The maximum absolute atomic E-state index is 11.2. The second kappa shape index (κ2) is 8.60. The van der Waals surface area contributed by atoms with Crippen LogP contribution in [0.3, 0.4) is 0 Å². The molecule has 0 atom stereocenters. The van der Waals surface area contributed by atoms with Gasteiger partial charge in [-0.3, -0.25) is 9.59 Å². The number of carboxylic acids is 2. The molecule has 0 saturated heterocycles. The van der Waals surface area contributed by atoms with Crippen molar-refractivity contribution in [3.8, 4) is 0 Å². The molecule has 0 aliphatic heterocycles. The van der Waals surface area contributed by atoms with E-state index in [1.165, 1.54) is 0 Å². The maximum Gasteiger partial charge on any atom is 1.00 e. The monoisotopic (exact) mass is 238 g/mol. The number of aliphatic carboxylic acids is 2. The number of rotatable bonds is 8. The van der Waals surface area contributed by atoms with Gasteiger partial charge in [-0.1, -0.05) is 46.5 Å². The van der Waals surface area contributed by atoms with Crippen molar-refractivity contribution < 1.29 is 40.1 Å². The first-order chi connectivity index (χ1) is 7.39. The van der Waals surface area contributed by atoms with Gasteiger partial charge in [0.2, 0.25) is 0 Å². The molecule has 0 spiro atoms. The number of hydrogen-bond donors (Lipinski definition) is 2. The van der Waals surface area contributed by atoms with Crippen molar-refractivity contribution in [2.75, 3.05) is 0 Å². The topological polar surface area (TPSA) is 74.6 Å². The van der Waals surface area contributed by atoms with Crippen LogP contribution in [0.15, 0.2) is 0 Å². The van der Waals surface area contributed by atoms with Gasteiger partial charge in [-0.25, -0.2) is 0 Å². The van der Waals surface area contributed by atoms with Gasteiger partial charge in [0.05, 0.1) is 0 Å². The summed E-state index contributed by atoms with van der Waals surface area (Å²) in [4.78, 5) is 22.4. The van der Waals surface area contributed by atoms with E-state index in [0.29, 0.717) is 6.42 Å². The number of carboxylic acid groups (broad SMARTS) is 2. The van der Waals surface area contributed by atoms with E-state index in [0.717, 1.165) is 19.3 Å². The second-order valence-corrected chi connectivity index (χ2v) is 4.55. The quantitative estimate of drug-likeness (QED) is 0.351. The molecule has 0 bridgehead atoms. The summed E-state index contributed by atoms with van der Waals surface area (Å²) in [6.45, 7) is 5.37. The molecule has 0 rings (SSSR count). The molecule has 5 heteroatoms. The molecular weight excluding hydrogens is 215 g/mol. The van der Waals surface area contributed by atoms with Crippen LogP contribution in [0.2, 0.25) is 0 Å². The van der Waals surface area contributed by atoms with Crippen molar-refractivity contribution in [1.82, 2.24) is 0 Å². The Labute approximate surface area is 116 Å². The summed E-state index contributed by atoms with van der Waals surface area (Å²) in [5.74, 6) is -2.83. The zero-order valence-electron chi connectivity index (χ0n) is 12.3. The van der Waals surface area contributed by atoms with Crippen LogP contribution in [0.1, 0.15) is 54.3 Å². The van der Waals surface area contributed by atoms with Crippen molar-refractivity contribution in [3.63, 3.8) is 0 Å². The van der Waals surface area contributed by atoms with Gasteiger partial charge in [0.15, 0.2) is 5.41 Å². The molecule has 0 aliphatic rings. The molecular formula is C12H23LiO4. The number of hydrogen-bond acceptors (Lipinski definition) is 2. The van der Waals surface area contributed by atoms with E-state index in [2.05, 4.69) is 6.92 Å². The van der Waals surface area contributed by atoms with Crippen molar-refractivity contribution in [1.29, 1.82) is 0 Å². The van der Waals surface area contributed by atoms with Gasteiger partial charge >= 0.3 is 30.8 Å². The number of unbranched alkanes of at least 4 members (excludes halogenated alkanes) is 3. The SMILES string of the molecule is CCCCCCC(C(=O)O)(C(=O)O)C(C)C.[H-].[Li+]. The number of carbonyl (C=O) groups is 2. The van der Waals surface area contributed by atoms with Crippen LogP contribution in [-0.4, -0.2) is 22.2 Å². The normalized spacial score (nSPS) is 11.1. The summed E-state index contributed by atoms with van der Waals surface area (Å²) in [7, 11) is 0. The van der Waals surface area contributed by atoms with Crippen molar-refractivity contribution in [2.24, 2.45) is 11.3 Å². The van der Waals surface area contributed by atoms with E-state index in [-0.39, 0.29) is 26.7 Å². The third-order valence-corrected chi connectivity index (χ3v) is 3.17. The second-order valence-electron chi connectivity index (χ2n) is 4.55. The molecule has 17 heavy (non-hydrogen) atoms. The van der Waals surface area contributed by atoms with Crippen LogP contribution in [0.25, 0.3) is 0 Å². The van der Waals surface area contributed by atoms with Crippen molar-refractivity contribution >= 4 is 11.9 Å². The standard InChI is InChI=1S/C12H22O4.Li.H/c1-4-5-6-7-8-12(9(2)3,10(13)14)11(15)16;;/h9H,4-8H2,1-3H3,(H,13,14)(H,15,16);;/q;+1;-1. The van der Waals surface area contributed by atoms with Gasteiger partial charge < -0.3 is 11.6 Å². The Balaban J connectivity index is -0.00000112. The molecule has 0 heterocycles. The summed E-state index contributed by atoms with van der Waals surface area (Å²) in [6, 6.07) is 0. The van der Waals surface area contributed by atoms with E-state index in [1.54, 1.807) is 13.8 Å². The minimum atomic E-state index is -1.62. The van der Waals surface area contributed by atoms with E-state index in [9.17, 15) is 9.59 Å². The average molecular weight is 238 g/mol. The molecule has 0 fully saturated rings. The molecule has 0 aromatic rings. The zero-order valence-corrected chi connectivity index (χ0v) is 11.3. The summed E-state index contributed by atoms with van der Waals surface area (Å²) in [5, 5.41) is 18.3. The van der Waals surface area contributed by atoms with Gasteiger partial charge in [0.25, 0.3) is 0 Å². The van der Waals surface area contributed by atoms with Crippen LogP contribution >= 0.6 is 0 Å². The Bertz CT molecular complexity index is 242. The summed E-state index contributed by atoms with van der Waals surface area (Å²) in [5.41, 5.74) is -1.62. The molecule has 2 N–H and O–H groups in total. The third kappa shape index (κ3) is 4.73. The minimum Gasteiger partial charge on any atom is -1.00 e. The van der Waals surface area contributed by atoms with E-state index in [4.69, 9.17) is 10.2 Å². The van der Waals surface area contributed by atoms with Crippen LogP contribution < -0.4 is 18.9 Å². The first-order valence-corrected chi connectivity index (χ1v) is 5.86. The Hall–Kier alpha value is -0.463. The van der Waals surface area contributed by atoms with Gasteiger partial charge in [0, 0.05) is 0 Å². The van der Waals surface area contributed by atoms with Crippen LogP contribution in [0.4, 0.5) is 0 Å². The Kier molecular flexibility index (Phi) is 9.56. The molecule has 4 nitrogen and oxygen atoms in total. The molecule has 0 aromatic carbocycles. The van der Waals surface area contributed by atoms with Gasteiger partial charge in [-0.05, 0) is 12.3 Å². The molecule has 96 valence electrons.